The van der Waals surface area contributed by atoms with Crippen molar-refractivity contribution in [3.63, 3.8) is 0 Å². The summed E-state index contributed by atoms with van der Waals surface area (Å²) < 4.78 is 0. The van der Waals surface area contributed by atoms with Gasteiger partial charge >= 0.3 is 0 Å². The van der Waals surface area contributed by atoms with Crippen LogP contribution in [0.1, 0.15) is 52.4 Å². The van der Waals surface area contributed by atoms with Gasteiger partial charge in [0.15, 0.2) is 0 Å². The lowest BCUT2D eigenvalue weighted by molar-refractivity contribution is 0.453. The van der Waals surface area contributed by atoms with Crippen molar-refractivity contribution >= 4 is 0 Å². The second-order valence-electron chi connectivity index (χ2n) is 4.26. The van der Waals surface area contributed by atoms with Crippen LogP contribution in [0.2, 0.25) is 0 Å². The molecule has 1 rings (SSSR count). The highest BCUT2D eigenvalue weighted by Crippen LogP contribution is 2.17. The van der Waals surface area contributed by atoms with Crippen molar-refractivity contribution in [3.05, 3.63) is 0 Å². The molecule has 2 atom stereocenters. The number of rotatable bonds is 3. The van der Waals surface area contributed by atoms with Crippen LogP contribution in [-0.2, 0) is 0 Å². The van der Waals surface area contributed by atoms with E-state index in [1.807, 2.05) is 0 Å². The molecule has 0 aromatic heterocycles. The first-order valence-corrected chi connectivity index (χ1v) is 5.56. The maximum absolute atomic E-state index is 3.65. The van der Waals surface area contributed by atoms with Crippen LogP contribution in [0, 0.1) is 5.92 Å². The topological polar surface area (TPSA) is 12.0 Å². The predicted octanol–water partition coefficient (Wildman–Crippen LogP) is 2.95. The van der Waals surface area contributed by atoms with Crippen molar-refractivity contribution in [1.29, 1.82) is 0 Å². The van der Waals surface area contributed by atoms with Gasteiger partial charge in [-0.2, -0.15) is 0 Å². The first-order valence-electron chi connectivity index (χ1n) is 5.56. The molecule has 0 amide bonds. The van der Waals surface area contributed by atoms with Gasteiger partial charge < -0.3 is 5.32 Å². The summed E-state index contributed by atoms with van der Waals surface area (Å²) in [5, 5.41) is 3.65. The molecule has 0 aromatic carbocycles. The summed E-state index contributed by atoms with van der Waals surface area (Å²) in [6, 6.07) is 0.829. The number of hydrogen-bond donors (Lipinski definition) is 1. The van der Waals surface area contributed by atoms with Crippen LogP contribution in [0.25, 0.3) is 0 Å². The largest absolute Gasteiger partial charge is 0.314 e. The molecule has 1 heterocycles. The molecular weight excluding hydrogens is 146 g/mol. The summed E-state index contributed by atoms with van der Waals surface area (Å²) in [7, 11) is 0. The smallest absolute Gasteiger partial charge is 0.00671 e. The highest BCUT2D eigenvalue weighted by atomic mass is 14.9. The molecule has 1 N–H and O–H groups in total. The van der Waals surface area contributed by atoms with Gasteiger partial charge in [0.05, 0.1) is 0 Å². The quantitative estimate of drug-likeness (QED) is 0.685. The Morgan fingerprint density at radius 3 is 2.83 bits per heavy atom. The molecule has 1 nitrogen and oxygen atoms in total. The molecule has 0 radical (unpaired) electrons. The normalized spacial score (nSPS) is 31.5. The lowest BCUT2D eigenvalue weighted by atomic mass is 9.99. The Morgan fingerprint density at radius 2 is 2.08 bits per heavy atom. The average molecular weight is 169 g/mol. The summed E-state index contributed by atoms with van der Waals surface area (Å²) >= 11 is 0. The summed E-state index contributed by atoms with van der Waals surface area (Å²) in [5.74, 6) is 0.948. The van der Waals surface area contributed by atoms with Crippen molar-refractivity contribution in [2.45, 2.75) is 58.4 Å². The minimum atomic E-state index is 0.829. The maximum Gasteiger partial charge on any atom is 0.00671 e. The van der Waals surface area contributed by atoms with Gasteiger partial charge in [0.2, 0.25) is 0 Å². The highest BCUT2D eigenvalue weighted by molar-refractivity contribution is 4.73. The molecule has 0 bridgehead atoms. The average Bonchev–Trinajstić information content (AvgIpc) is 2.27. The molecule has 0 saturated carbocycles. The zero-order chi connectivity index (χ0) is 8.81. The summed E-state index contributed by atoms with van der Waals surface area (Å²) in [4.78, 5) is 0. The van der Waals surface area contributed by atoms with E-state index >= 15 is 0 Å². The van der Waals surface area contributed by atoms with Crippen LogP contribution >= 0.6 is 0 Å². The van der Waals surface area contributed by atoms with Crippen molar-refractivity contribution in [3.8, 4) is 0 Å². The predicted molar refractivity (Wildman–Crippen MR) is 54.3 cm³/mol. The molecule has 0 aliphatic carbocycles. The van der Waals surface area contributed by atoms with E-state index < -0.39 is 0 Å². The van der Waals surface area contributed by atoms with Gasteiger partial charge in [-0.1, -0.05) is 26.7 Å². The molecular formula is C11H23N. The van der Waals surface area contributed by atoms with Crippen LogP contribution in [0.15, 0.2) is 0 Å². The molecule has 1 aliphatic heterocycles. The van der Waals surface area contributed by atoms with Gasteiger partial charge in [0, 0.05) is 6.04 Å². The molecule has 1 aliphatic rings. The Morgan fingerprint density at radius 1 is 1.25 bits per heavy atom. The van der Waals surface area contributed by atoms with Crippen molar-refractivity contribution in [2.24, 2.45) is 5.92 Å². The zero-order valence-electron chi connectivity index (χ0n) is 8.60. The number of nitrogens with one attached hydrogen (secondary N) is 1. The Hall–Kier alpha value is -0.0400. The third-order valence-electron chi connectivity index (χ3n) is 2.98. The zero-order valence-corrected chi connectivity index (χ0v) is 8.60. The second kappa shape index (κ2) is 5.58. The molecule has 1 heteroatoms. The summed E-state index contributed by atoms with van der Waals surface area (Å²) in [6.45, 7) is 5.90. The molecule has 0 spiro atoms. The third-order valence-corrected chi connectivity index (χ3v) is 2.98. The maximum atomic E-state index is 3.65. The van der Waals surface area contributed by atoms with E-state index in [-0.39, 0.29) is 0 Å². The Labute approximate surface area is 76.9 Å². The van der Waals surface area contributed by atoms with Crippen LogP contribution in [0.5, 0.6) is 0 Å². The third kappa shape index (κ3) is 3.57. The SMILES string of the molecule is CCCCC1CCC(C)CCN1. The van der Waals surface area contributed by atoms with Gasteiger partial charge in [-0.25, -0.2) is 0 Å². The summed E-state index contributed by atoms with van der Waals surface area (Å²) in [5.41, 5.74) is 0. The second-order valence-corrected chi connectivity index (χ2v) is 4.26. The molecule has 12 heavy (non-hydrogen) atoms. The van der Waals surface area contributed by atoms with Crippen molar-refractivity contribution in [2.75, 3.05) is 6.54 Å². The monoisotopic (exact) mass is 169 g/mol. The lowest BCUT2D eigenvalue weighted by Crippen LogP contribution is -2.27. The van der Waals surface area contributed by atoms with Crippen molar-refractivity contribution in [1.82, 2.24) is 5.32 Å². The van der Waals surface area contributed by atoms with E-state index in [4.69, 9.17) is 0 Å². The van der Waals surface area contributed by atoms with Crippen LogP contribution in [-0.4, -0.2) is 12.6 Å². The van der Waals surface area contributed by atoms with Crippen LogP contribution in [0.3, 0.4) is 0 Å². The van der Waals surface area contributed by atoms with Crippen LogP contribution in [0.4, 0.5) is 0 Å². The standard InChI is InChI=1S/C11H23N/c1-3-4-5-11-7-6-10(2)8-9-12-11/h10-12H,3-9H2,1-2H3. The van der Waals surface area contributed by atoms with E-state index in [0.29, 0.717) is 0 Å². The molecule has 72 valence electrons. The minimum Gasteiger partial charge on any atom is -0.314 e. The van der Waals surface area contributed by atoms with E-state index in [2.05, 4.69) is 19.2 Å². The van der Waals surface area contributed by atoms with E-state index in [1.165, 1.54) is 45.1 Å². The molecule has 1 saturated heterocycles. The van der Waals surface area contributed by atoms with Crippen LogP contribution < -0.4 is 5.32 Å². The first-order chi connectivity index (χ1) is 5.83. The number of unbranched alkanes of at least 4 members (excludes halogenated alkanes) is 1. The van der Waals surface area contributed by atoms with Crippen molar-refractivity contribution < 1.29 is 0 Å². The number of hydrogen-bond acceptors (Lipinski definition) is 1. The Kier molecular flexibility index (Phi) is 4.67. The van der Waals surface area contributed by atoms with E-state index in [9.17, 15) is 0 Å². The fourth-order valence-corrected chi connectivity index (χ4v) is 1.96. The fraction of sp³-hybridized carbons (Fsp3) is 1.00. The Balaban J connectivity index is 2.17. The van der Waals surface area contributed by atoms with Gasteiger partial charge in [0.25, 0.3) is 0 Å². The highest BCUT2D eigenvalue weighted by Gasteiger charge is 2.14. The fourth-order valence-electron chi connectivity index (χ4n) is 1.96. The van der Waals surface area contributed by atoms with E-state index in [1.54, 1.807) is 0 Å². The van der Waals surface area contributed by atoms with Gasteiger partial charge in [-0.05, 0) is 38.1 Å². The van der Waals surface area contributed by atoms with Gasteiger partial charge in [-0.15, -0.1) is 0 Å². The molecule has 0 aromatic rings. The van der Waals surface area contributed by atoms with Gasteiger partial charge in [0.1, 0.15) is 0 Å². The molecule has 1 fully saturated rings. The summed E-state index contributed by atoms with van der Waals surface area (Å²) in [6.07, 6.45) is 8.34. The minimum absolute atomic E-state index is 0.829. The Bertz CT molecular complexity index is 110. The molecule has 2 unspecified atom stereocenters. The van der Waals surface area contributed by atoms with E-state index in [0.717, 1.165) is 12.0 Å². The lowest BCUT2D eigenvalue weighted by Gasteiger charge is -2.14. The first kappa shape index (κ1) is 10.0. The van der Waals surface area contributed by atoms with Gasteiger partial charge in [-0.3, -0.25) is 0 Å².